The molecule has 1 aromatic carbocycles. The summed E-state index contributed by atoms with van der Waals surface area (Å²) in [6.07, 6.45) is 2.65. The largest absolute Gasteiger partial charge is 0.468 e. The van der Waals surface area contributed by atoms with E-state index in [-0.39, 0.29) is 11.3 Å². The highest BCUT2D eigenvalue weighted by molar-refractivity contribution is 5.86. The summed E-state index contributed by atoms with van der Waals surface area (Å²) in [6.45, 7) is 3.35. The van der Waals surface area contributed by atoms with Crippen molar-refractivity contribution in [3.05, 3.63) is 60.1 Å². The summed E-state index contributed by atoms with van der Waals surface area (Å²) in [4.78, 5) is 17.2. The zero-order valence-electron chi connectivity index (χ0n) is 13.4. The highest BCUT2D eigenvalue weighted by Gasteiger charge is 2.56. The second-order valence-electron chi connectivity index (χ2n) is 6.85. The lowest BCUT2D eigenvalue weighted by Crippen LogP contribution is -2.38. The third kappa shape index (κ3) is 2.38. The second kappa shape index (κ2) is 5.53. The van der Waals surface area contributed by atoms with Crippen molar-refractivity contribution in [3.8, 4) is 0 Å². The first-order valence-corrected chi connectivity index (χ1v) is 8.24. The predicted octanol–water partition coefficient (Wildman–Crippen LogP) is 2.73. The molecule has 0 bridgehead atoms. The number of rotatable bonds is 3. The summed E-state index contributed by atoms with van der Waals surface area (Å²) in [5.74, 6) is 1.53. The first kappa shape index (κ1) is 14.5. The molecule has 0 aliphatic carbocycles. The molecule has 4 nitrogen and oxygen atoms in total. The minimum Gasteiger partial charge on any atom is -0.468 e. The SMILES string of the molecule is CN1CC[C@@]2(CN(Cc3ccco3)C[C@H]2c2ccccc2)C1=O. The number of carbonyl (C=O) groups is 1. The Morgan fingerprint density at radius 3 is 2.70 bits per heavy atom. The van der Waals surface area contributed by atoms with E-state index in [1.54, 1.807) is 6.26 Å². The van der Waals surface area contributed by atoms with Gasteiger partial charge in [0.15, 0.2) is 0 Å². The minimum absolute atomic E-state index is 0.260. The number of hydrogen-bond donors (Lipinski definition) is 0. The maximum atomic E-state index is 12.9. The van der Waals surface area contributed by atoms with Gasteiger partial charge in [-0.25, -0.2) is 0 Å². The van der Waals surface area contributed by atoms with Crippen LogP contribution < -0.4 is 0 Å². The van der Waals surface area contributed by atoms with E-state index in [1.165, 1.54) is 5.56 Å². The van der Waals surface area contributed by atoms with Crippen LogP contribution in [-0.2, 0) is 11.3 Å². The quantitative estimate of drug-likeness (QED) is 0.874. The fraction of sp³-hybridized carbons (Fsp3) is 0.421. The van der Waals surface area contributed by atoms with Crippen molar-refractivity contribution >= 4 is 5.91 Å². The van der Waals surface area contributed by atoms with Gasteiger partial charge in [-0.05, 0) is 24.1 Å². The topological polar surface area (TPSA) is 36.7 Å². The van der Waals surface area contributed by atoms with Crippen molar-refractivity contribution in [3.63, 3.8) is 0 Å². The first-order chi connectivity index (χ1) is 11.2. The lowest BCUT2D eigenvalue weighted by molar-refractivity contribution is -0.135. The van der Waals surface area contributed by atoms with Crippen LogP contribution >= 0.6 is 0 Å². The van der Waals surface area contributed by atoms with E-state index in [0.29, 0.717) is 5.91 Å². The first-order valence-electron chi connectivity index (χ1n) is 8.24. The Balaban J connectivity index is 1.66. The molecule has 2 fully saturated rings. The Bertz CT molecular complexity index is 683. The number of carbonyl (C=O) groups excluding carboxylic acids is 1. The summed E-state index contributed by atoms with van der Waals surface area (Å²) in [6, 6.07) is 14.4. The van der Waals surface area contributed by atoms with Crippen LogP contribution in [0.2, 0.25) is 0 Å². The maximum Gasteiger partial charge on any atom is 0.230 e. The molecule has 2 aromatic rings. The lowest BCUT2D eigenvalue weighted by Gasteiger charge is -2.28. The number of furan rings is 1. The minimum atomic E-state index is -0.275. The summed E-state index contributed by atoms with van der Waals surface area (Å²) in [5.41, 5.74) is 1.00. The number of nitrogens with zero attached hydrogens (tertiary/aromatic N) is 2. The van der Waals surface area contributed by atoms with E-state index in [1.807, 2.05) is 30.1 Å². The van der Waals surface area contributed by atoms with Gasteiger partial charge in [-0.15, -0.1) is 0 Å². The Morgan fingerprint density at radius 2 is 2.04 bits per heavy atom. The van der Waals surface area contributed by atoms with Crippen LogP contribution in [0.5, 0.6) is 0 Å². The van der Waals surface area contributed by atoms with Crippen molar-refractivity contribution in [1.29, 1.82) is 0 Å². The van der Waals surface area contributed by atoms with Gasteiger partial charge >= 0.3 is 0 Å². The molecular formula is C19H22N2O2. The molecule has 23 heavy (non-hydrogen) atoms. The Kier molecular flexibility index (Phi) is 3.49. The summed E-state index contributed by atoms with van der Waals surface area (Å²) in [5, 5.41) is 0. The average Bonchev–Trinajstić information content (AvgIpc) is 3.27. The monoisotopic (exact) mass is 310 g/mol. The molecule has 0 saturated carbocycles. The molecule has 3 heterocycles. The maximum absolute atomic E-state index is 12.9. The Labute approximate surface area is 136 Å². The summed E-state index contributed by atoms with van der Waals surface area (Å²) < 4.78 is 5.50. The third-order valence-electron chi connectivity index (χ3n) is 5.44. The summed E-state index contributed by atoms with van der Waals surface area (Å²) >= 11 is 0. The predicted molar refractivity (Wildman–Crippen MR) is 87.9 cm³/mol. The van der Waals surface area contributed by atoms with Crippen molar-refractivity contribution in [2.24, 2.45) is 5.41 Å². The van der Waals surface area contributed by atoms with Crippen LogP contribution in [0.3, 0.4) is 0 Å². The fourth-order valence-electron chi connectivity index (χ4n) is 4.29. The molecule has 1 spiro atoms. The number of likely N-dealkylation sites (tertiary alicyclic amines) is 2. The normalized spacial score (nSPS) is 28.1. The zero-order chi connectivity index (χ0) is 15.9. The van der Waals surface area contributed by atoms with E-state index in [2.05, 4.69) is 29.2 Å². The molecule has 4 rings (SSSR count). The van der Waals surface area contributed by atoms with E-state index in [9.17, 15) is 4.79 Å². The van der Waals surface area contributed by atoms with E-state index < -0.39 is 0 Å². The van der Waals surface area contributed by atoms with Gasteiger partial charge < -0.3 is 9.32 Å². The van der Waals surface area contributed by atoms with Crippen molar-refractivity contribution in [1.82, 2.24) is 9.80 Å². The highest BCUT2D eigenvalue weighted by Crippen LogP contribution is 2.49. The van der Waals surface area contributed by atoms with Crippen LogP contribution in [0, 0.1) is 5.41 Å². The molecule has 2 aliphatic rings. The Hall–Kier alpha value is -2.07. The molecule has 0 N–H and O–H groups in total. The molecule has 2 aliphatic heterocycles. The van der Waals surface area contributed by atoms with Crippen LogP contribution in [0.4, 0.5) is 0 Å². The van der Waals surface area contributed by atoms with Crippen LogP contribution in [0.15, 0.2) is 53.1 Å². The average molecular weight is 310 g/mol. The van der Waals surface area contributed by atoms with Gasteiger partial charge in [-0.2, -0.15) is 0 Å². The van der Waals surface area contributed by atoms with Gasteiger partial charge in [0.1, 0.15) is 5.76 Å². The molecule has 1 aromatic heterocycles. The van der Waals surface area contributed by atoms with Crippen LogP contribution in [-0.4, -0.2) is 42.4 Å². The zero-order valence-corrected chi connectivity index (χ0v) is 13.4. The molecule has 0 radical (unpaired) electrons. The Morgan fingerprint density at radius 1 is 1.22 bits per heavy atom. The van der Waals surface area contributed by atoms with Gasteiger partial charge in [0, 0.05) is 32.6 Å². The van der Waals surface area contributed by atoms with E-state index in [0.717, 1.165) is 38.4 Å². The van der Waals surface area contributed by atoms with Gasteiger partial charge in [0.05, 0.1) is 18.2 Å². The second-order valence-corrected chi connectivity index (χ2v) is 6.85. The van der Waals surface area contributed by atoms with Gasteiger partial charge in [0.2, 0.25) is 5.91 Å². The summed E-state index contributed by atoms with van der Waals surface area (Å²) in [7, 11) is 1.92. The molecule has 2 atom stereocenters. The molecule has 4 heteroatoms. The standard InChI is InChI=1S/C19H22N2O2/c1-20-10-9-19(18(20)22)14-21(12-16-8-5-11-23-16)13-17(19)15-6-3-2-4-7-15/h2-8,11,17H,9-10,12-14H2,1H3/t17-,19-/m0/s1. The van der Waals surface area contributed by atoms with E-state index >= 15 is 0 Å². The fourth-order valence-corrected chi connectivity index (χ4v) is 4.29. The number of benzene rings is 1. The number of hydrogen-bond acceptors (Lipinski definition) is 3. The smallest absolute Gasteiger partial charge is 0.230 e. The molecule has 1 amide bonds. The van der Waals surface area contributed by atoms with Crippen molar-refractivity contribution in [2.45, 2.75) is 18.9 Å². The van der Waals surface area contributed by atoms with Gasteiger partial charge in [-0.3, -0.25) is 9.69 Å². The molecule has 2 saturated heterocycles. The van der Waals surface area contributed by atoms with Gasteiger partial charge in [-0.1, -0.05) is 30.3 Å². The number of amides is 1. The molecule has 0 unspecified atom stereocenters. The lowest BCUT2D eigenvalue weighted by atomic mass is 9.73. The van der Waals surface area contributed by atoms with Crippen molar-refractivity contribution < 1.29 is 9.21 Å². The molecule has 120 valence electrons. The van der Waals surface area contributed by atoms with Crippen LogP contribution in [0.25, 0.3) is 0 Å². The van der Waals surface area contributed by atoms with E-state index in [4.69, 9.17) is 4.42 Å². The van der Waals surface area contributed by atoms with Gasteiger partial charge in [0.25, 0.3) is 0 Å². The molecular weight excluding hydrogens is 288 g/mol. The third-order valence-corrected chi connectivity index (χ3v) is 5.44. The van der Waals surface area contributed by atoms with Crippen LogP contribution in [0.1, 0.15) is 23.7 Å². The van der Waals surface area contributed by atoms with Crippen molar-refractivity contribution in [2.75, 3.05) is 26.7 Å². The highest BCUT2D eigenvalue weighted by atomic mass is 16.3.